The molecule has 4 rings (SSSR count). The third kappa shape index (κ3) is 7.54. The Bertz CT molecular complexity index is 1440. The predicted molar refractivity (Wildman–Crippen MR) is 150 cm³/mol. The third-order valence-electron chi connectivity index (χ3n) is 5.63. The Morgan fingerprint density at radius 2 is 1.95 bits per heavy atom. The SMILES string of the molecule is CCOC(=O)c1sc(Nc2nc(NCc3ccc(NS(=O)(=O)CC)cc3)cc(N3CCNC(=O)C3)n2)nc1C. The van der Waals surface area contributed by atoms with Crippen molar-refractivity contribution in [1.29, 1.82) is 0 Å². The van der Waals surface area contributed by atoms with Gasteiger partial charge in [-0.05, 0) is 38.5 Å². The topological polar surface area (TPSA) is 168 Å². The van der Waals surface area contributed by atoms with E-state index in [0.29, 0.717) is 52.7 Å². The van der Waals surface area contributed by atoms with Crippen LogP contribution in [0.4, 0.5) is 28.4 Å². The number of benzene rings is 1. The van der Waals surface area contributed by atoms with Crippen LogP contribution >= 0.6 is 11.3 Å². The molecule has 0 spiro atoms. The maximum absolute atomic E-state index is 12.2. The highest BCUT2D eigenvalue weighted by atomic mass is 32.2. The lowest BCUT2D eigenvalue weighted by Gasteiger charge is -2.28. The molecule has 3 heterocycles. The van der Waals surface area contributed by atoms with E-state index in [4.69, 9.17) is 4.74 Å². The Labute approximate surface area is 230 Å². The number of rotatable bonds is 11. The molecule has 15 heteroatoms. The molecule has 0 bridgehead atoms. The number of anilines is 5. The second kappa shape index (κ2) is 12.3. The first-order valence-electron chi connectivity index (χ1n) is 12.3. The Kier molecular flexibility index (Phi) is 8.81. The molecule has 39 heavy (non-hydrogen) atoms. The molecule has 2 aromatic heterocycles. The number of amides is 1. The third-order valence-corrected chi connectivity index (χ3v) is 7.99. The predicted octanol–water partition coefficient (Wildman–Crippen LogP) is 2.47. The highest BCUT2D eigenvalue weighted by Gasteiger charge is 2.21. The second-order valence-corrected chi connectivity index (χ2v) is 11.6. The number of aryl methyl sites for hydroxylation is 1. The van der Waals surface area contributed by atoms with Crippen LogP contribution < -0.4 is 25.6 Å². The van der Waals surface area contributed by atoms with Crippen LogP contribution in [-0.2, 0) is 26.1 Å². The molecule has 1 aliphatic rings. The number of carbonyl (C=O) groups is 2. The Morgan fingerprint density at radius 3 is 2.64 bits per heavy atom. The van der Waals surface area contributed by atoms with Crippen LogP contribution in [0.5, 0.6) is 0 Å². The minimum Gasteiger partial charge on any atom is -0.462 e. The van der Waals surface area contributed by atoms with Gasteiger partial charge in [0.05, 0.1) is 24.6 Å². The molecule has 208 valence electrons. The molecule has 1 saturated heterocycles. The average Bonchev–Trinajstić information content (AvgIpc) is 3.28. The molecular formula is C24H30N8O5S2. The number of hydrogen-bond acceptors (Lipinski definition) is 12. The van der Waals surface area contributed by atoms with Gasteiger partial charge in [0, 0.05) is 31.4 Å². The van der Waals surface area contributed by atoms with Gasteiger partial charge in [-0.3, -0.25) is 14.8 Å². The maximum atomic E-state index is 12.2. The second-order valence-electron chi connectivity index (χ2n) is 8.54. The number of esters is 1. The Balaban J connectivity index is 1.54. The quantitative estimate of drug-likeness (QED) is 0.248. The van der Waals surface area contributed by atoms with Gasteiger partial charge in [-0.15, -0.1) is 0 Å². The zero-order chi connectivity index (χ0) is 28.0. The molecule has 1 aliphatic heterocycles. The fourth-order valence-electron chi connectivity index (χ4n) is 3.64. The van der Waals surface area contributed by atoms with E-state index in [2.05, 4.69) is 35.6 Å². The average molecular weight is 575 g/mol. The first-order chi connectivity index (χ1) is 18.7. The van der Waals surface area contributed by atoms with Gasteiger partial charge >= 0.3 is 5.97 Å². The van der Waals surface area contributed by atoms with Crippen molar-refractivity contribution in [3.63, 3.8) is 0 Å². The van der Waals surface area contributed by atoms with E-state index >= 15 is 0 Å². The molecule has 1 fully saturated rings. The number of nitrogens with zero attached hydrogens (tertiary/aromatic N) is 4. The monoisotopic (exact) mass is 574 g/mol. The van der Waals surface area contributed by atoms with E-state index in [1.807, 2.05) is 17.0 Å². The van der Waals surface area contributed by atoms with Gasteiger partial charge in [0.15, 0.2) is 5.13 Å². The molecule has 1 amide bonds. The van der Waals surface area contributed by atoms with Gasteiger partial charge in [0.25, 0.3) is 0 Å². The first-order valence-corrected chi connectivity index (χ1v) is 14.8. The van der Waals surface area contributed by atoms with Crippen molar-refractivity contribution >= 4 is 61.6 Å². The number of thiazole rings is 1. The van der Waals surface area contributed by atoms with Crippen LogP contribution in [0.25, 0.3) is 0 Å². The fraction of sp³-hybridized carbons (Fsp3) is 0.375. The van der Waals surface area contributed by atoms with Crippen molar-refractivity contribution in [2.45, 2.75) is 27.3 Å². The molecule has 4 N–H and O–H groups in total. The van der Waals surface area contributed by atoms with Crippen molar-refractivity contribution in [1.82, 2.24) is 20.3 Å². The molecule has 13 nitrogen and oxygen atoms in total. The Hall–Kier alpha value is -3.98. The summed E-state index contributed by atoms with van der Waals surface area (Å²) >= 11 is 1.14. The van der Waals surface area contributed by atoms with Crippen molar-refractivity contribution in [3.05, 3.63) is 46.5 Å². The van der Waals surface area contributed by atoms with Gasteiger partial charge < -0.3 is 20.3 Å². The summed E-state index contributed by atoms with van der Waals surface area (Å²) in [5.74, 6) is 0.750. The van der Waals surface area contributed by atoms with Crippen molar-refractivity contribution in [2.24, 2.45) is 0 Å². The smallest absolute Gasteiger partial charge is 0.350 e. The standard InChI is InChI=1S/C24H30N8O5S2/c1-4-37-22(34)21-15(3)27-24(38-21)30-23-28-18(12-19(29-23)32-11-10-25-20(33)14-32)26-13-16-6-8-17(9-7-16)31-39(35,36)5-2/h6-9,12,31H,4-5,10-11,13-14H2,1-3H3,(H,25,33)(H2,26,27,28,29,30). The van der Waals surface area contributed by atoms with E-state index in [1.165, 1.54) is 0 Å². The van der Waals surface area contributed by atoms with E-state index in [1.54, 1.807) is 39.0 Å². The van der Waals surface area contributed by atoms with Crippen LogP contribution in [0.3, 0.4) is 0 Å². The minimum atomic E-state index is -3.35. The first kappa shape index (κ1) is 28.0. The molecule has 0 aliphatic carbocycles. The van der Waals surface area contributed by atoms with Gasteiger partial charge in [-0.25, -0.2) is 18.2 Å². The van der Waals surface area contributed by atoms with Gasteiger partial charge in [-0.2, -0.15) is 9.97 Å². The summed E-state index contributed by atoms with van der Waals surface area (Å²) in [6, 6.07) is 8.77. The van der Waals surface area contributed by atoms with Crippen LogP contribution in [0.15, 0.2) is 30.3 Å². The molecule has 1 aromatic carbocycles. The molecule has 0 unspecified atom stereocenters. The number of nitrogens with one attached hydrogen (secondary N) is 4. The van der Waals surface area contributed by atoms with Gasteiger partial charge in [0.1, 0.15) is 16.5 Å². The van der Waals surface area contributed by atoms with Crippen molar-refractivity contribution in [2.75, 3.05) is 52.2 Å². The van der Waals surface area contributed by atoms with Crippen LogP contribution in [0, 0.1) is 6.92 Å². The summed E-state index contributed by atoms with van der Waals surface area (Å²) in [7, 11) is -3.35. The van der Waals surface area contributed by atoms with Crippen LogP contribution in [-0.4, -0.2) is 67.2 Å². The number of aromatic nitrogens is 3. The van der Waals surface area contributed by atoms with E-state index < -0.39 is 16.0 Å². The number of carbonyl (C=O) groups excluding carboxylic acids is 2. The van der Waals surface area contributed by atoms with Crippen molar-refractivity contribution < 1.29 is 22.7 Å². The minimum absolute atomic E-state index is 0.00784. The number of sulfonamides is 1. The normalized spacial score (nSPS) is 13.5. The molecule has 3 aromatic rings. The van der Waals surface area contributed by atoms with E-state index in [-0.39, 0.29) is 30.8 Å². The molecular weight excluding hydrogens is 544 g/mol. The lowest BCUT2D eigenvalue weighted by atomic mass is 10.2. The number of piperazine rings is 1. The largest absolute Gasteiger partial charge is 0.462 e. The number of hydrogen-bond donors (Lipinski definition) is 4. The fourth-order valence-corrected chi connectivity index (χ4v) is 5.14. The summed E-state index contributed by atoms with van der Waals surface area (Å²) in [4.78, 5) is 40.0. The number of ether oxygens (including phenoxy) is 1. The highest BCUT2D eigenvalue weighted by Crippen LogP contribution is 2.27. The highest BCUT2D eigenvalue weighted by molar-refractivity contribution is 7.92. The van der Waals surface area contributed by atoms with Gasteiger partial charge in [-0.1, -0.05) is 23.5 Å². The Morgan fingerprint density at radius 1 is 1.18 bits per heavy atom. The van der Waals surface area contributed by atoms with E-state index in [9.17, 15) is 18.0 Å². The molecule has 0 atom stereocenters. The zero-order valence-corrected chi connectivity index (χ0v) is 23.4. The summed E-state index contributed by atoms with van der Waals surface area (Å²) in [5, 5.41) is 9.56. The van der Waals surface area contributed by atoms with E-state index in [0.717, 1.165) is 16.9 Å². The maximum Gasteiger partial charge on any atom is 0.350 e. The molecule has 0 radical (unpaired) electrons. The summed E-state index contributed by atoms with van der Waals surface area (Å²) in [5.41, 5.74) is 1.92. The lowest BCUT2D eigenvalue weighted by Crippen LogP contribution is -2.48. The summed E-state index contributed by atoms with van der Waals surface area (Å²) in [6.45, 7) is 6.95. The summed E-state index contributed by atoms with van der Waals surface area (Å²) < 4.78 is 31.2. The van der Waals surface area contributed by atoms with Gasteiger partial charge in [0.2, 0.25) is 21.9 Å². The molecule has 0 saturated carbocycles. The zero-order valence-electron chi connectivity index (χ0n) is 21.8. The summed E-state index contributed by atoms with van der Waals surface area (Å²) in [6.07, 6.45) is 0. The van der Waals surface area contributed by atoms with Crippen LogP contribution in [0.1, 0.15) is 34.8 Å². The van der Waals surface area contributed by atoms with Crippen molar-refractivity contribution in [3.8, 4) is 0 Å². The van der Waals surface area contributed by atoms with Crippen LogP contribution in [0.2, 0.25) is 0 Å². The lowest BCUT2D eigenvalue weighted by molar-refractivity contribution is -0.120.